The summed E-state index contributed by atoms with van der Waals surface area (Å²) in [6, 6.07) is 0. The monoisotopic (exact) mass is 148 g/mol. The van der Waals surface area contributed by atoms with Crippen LogP contribution in [0.2, 0.25) is 0 Å². The van der Waals surface area contributed by atoms with Crippen LogP contribution in [0.1, 0.15) is 6.92 Å². The Hall–Kier alpha value is 0.260. The summed E-state index contributed by atoms with van der Waals surface area (Å²) >= 11 is 0. The molecule has 1 aliphatic rings. The fraction of sp³-hybridized carbons (Fsp3) is 0.667. The van der Waals surface area contributed by atoms with Crippen LogP contribution in [0.4, 0.5) is 0 Å². The summed E-state index contributed by atoms with van der Waals surface area (Å²) in [4.78, 5) is 0. The zero-order valence-electron chi connectivity index (χ0n) is 5.09. The third-order valence-electron chi connectivity index (χ3n) is 1.37. The highest BCUT2D eigenvalue weighted by atomic mass is 32.3. The molecule has 1 fully saturated rings. The Labute approximate surface area is 56.7 Å². The third kappa shape index (κ3) is 1.15. The van der Waals surface area contributed by atoms with Gasteiger partial charge in [0.05, 0.1) is 0 Å². The van der Waals surface area contributed by atoms with Crippen LogP contribution in [0, 0.1) is 11.7 Å². The maximum atomic E-state index is 5.24. The van der Waals surface area contributed by atoms with Crippen molar-refractivity contribution in [3.8, 4) is 11.7 Å². The second-order valence-electron chi connectivity index (χ2n) is 1.94. The SMILES string of the molecule is C#C[SH]1C[SH](CC)C1. The summed E-state index contributed by atoms with van der Waals surface area (Å²) in [5, 5.41) is 5.68. The van der Waals surface area contributed by atoms with E-state index in [1.165, 1.54) is 15.9 Å². The van der Waals surface area contributed by atoms with Crippen molar-refractivity contribution in [2.24, 2.45) is 0 Å². The quantitative estimate of drug-likeness (QED) is 0.409. The molecule has 0 amide bonds. The summed E-state index contributed by atoms with van der Waals surface area (Å²) in [6.45, 7) is 2.27. The average Bonchev–Trinajstić information content (AvgIpc) is 1.65. The molecule has 0 nitrogen and oxygen atoms in total. The van der Waals surface area contributed by atoms with Crippen LogP contribution in [-0.2, 0) is 0 Å². The van der Waals surface area contributed by atoms with Crippen LogP contribution >= 0.6 is 21.8 Å². The van der Waals surface area contributed by atoms with E-state index in [1.807, 2.05) is 0 Å². The normalized spacial score (nSPS) is 44.5. The molecule has 0 atom stereocenters. The van der Waals surface area contributed by atoms with E-state index in [9.17, 15) is 0 Å². The first-order chi connectivity index (χ1) is 3.86. The van der Waals surface area contributed by atoms with Crippen LogP contribution in [-0.4, -0.2) is 15.9 Å². The van der Waals surface area contributed by atoms with Crippen LogP contribution in [0.5, 0.6) is 0 Å². The van der Waals surface area contributed by atoms with Crippen LogP contribution in [0.25, 0.3) is 0 Å². The predicted octanol–water partition coefficient (Wildman–Crippen LogP) is 1.53. The first kappa shape index (κ1) is 6.38. The van der Waals surface area contributed by atoms with Crippen molar-refractivity contribution < 1.29 is 0 Å². The van der Waals surface area contributed by atoms with Crippen molar-refractivity contribution in [2.75, 3.05) is 15.9 Å². The van der Waals surface area contributed by atoms with Gasteiger partial charge in [-0.05, 0) is 5.75 Å². The number of hydrogen-bond acceptors (Lipinski definition) is 0. The van der Waals surface area contributed by atoms with Gasteiger partial charge in [-0.3, -0.25) is 0 Å². The molecule has 1 saturated heterocycles. The lowest BCUT2D eigenvalue weighted by Gasteiger charge is -2.37. The molecule has 1 aliphatic heterocycles. The molecule has 0 aliphatic carbocycles. The molecule has 0 spiro atoms. The van der Waals surface area contributed by atoms with Gasteiger partial charge in [0.25, 0.3) is 0 Å². The van der Waals surface area contributed by atoms with Crippen LogP contribution in [0.3, 0.4) is 0 Å². The lowest BCUT2D eigenvalue weighted by atomic mass is 11.0. The Kier molecular flexibility index (Phi) is 2.16. The van der Waals surface area contributed by atoms with Gasteiger partial charge in [-0.1, -0.05) is 12.2 Å². The number of hydrogen-bond donors (Lipinski definition) is 2. The maximum Gasteiger partial charge on any atom is 0.0142 e. The molecule has 2 heteroatoms. The second-order valence-corrected chi connectivity index (χ2v) is 7.51. The van der Waals surface area contributed by atoms with Crippen LogP contribution in [0.15, 0.2) is 0 Å². The molecule has 0 N–H and O–H groups in total. The van der Waals surface area contributed by atoms with Crippen molar-refractivity contribution in [3.63, 3.8) is 0 Å². The van der Waals surface area contributed by atoms with Gasteiger partial charge in [0.2, 0.25) is 0 Å². The van der Waals surface area contributed by atoms with Crippen molar-refractivity contribution in [2.45, 2.75) is 6.92 Å². The smallest absolute Gasteiger partial charge is 0.0142 e. The molecule has 0 aromatic rings. The molecule has 1 rings (SSSR count). The topological polar surface area (TPSA) is 0 Å². The van der Waals surface area contributed by atoms with E-state index in [0.717, 1.165) is 0 Å². The highest BCUT2D eigenvalue weighted by Crippen LogP contribution is 2.54. The first-order valence-corrected chi connectivity index (χ1v) is 6.41. The van der Waals surface area contributed by atoms with E-state index in [2.05, 4.69) is 12.2 Å². The van der Waals surface area contributed by atoms with Crippen molar-refractivity contribution in [1.82, 2.24) is 0 Å². The van der Waals surface area contributed by atoms with E-state index in [0.29, 0.717) is 10.9 Å². The van der Waals surface area contributed by atoms with E-state index in [4.69, 9.17) is 6.42 Å². The van der Waals surface area contributed by atoms with Gasteiger partial charge in [-0.25, -0.2) is 10.9 Å². The molecule has 0 saturated carbocycles. The molecule has 0 radical (unpaired) electrons. The van der Waals surface area contributed by atoms with Gasteiger partial charge < -0.3 is 0 Å². The Bertz CT molecular complexity index is 108. The Morgan fingerprint density at radius 2 is 2.25 bits per heavy atom. The van der Waals surface area contributed by atoms with E-state index >= 15 is 0 Å². The minimum atomic E-state index is 0.116. The van der Waals surface area contributed by atoms with Gasteiger partial charge in [-0.15, -0.1) is 6.42 Å². The van der Waals surface area contributed by atoms with Gasteiger partial charge in [-0.2, -0.15) is 10.9 Å². The van der Waals surface area contributed by atoms with Crippen molar-refractivity contribution >= 4 is 21.8 Å². The molecule has 1 heterocycles. The minimum absolute atomic E-state index is 0.116. The van der Waals surface area contributed by atoms with Crippen molar-refractivity contribution in [3.05, 3.63) is 0 Å². The molecule has 0 aromatic heterocycles. The Balaban J connectivity index is 2.14. The molecule has 0 bridgehead atoms. The largest absolute Gasteiger partial charge is 0.237 e. The minimum Gasteiger partial charge on any atom is -0.237 e. The summed E-state index contributed by atoms with van der Waals surface area (Å²) in [7, 11) is 0.561. The van der Waals surface area contributed by atoms with Gasteiger partial charge in [0.15, 0.2) is 0 Å². The highest BCUT2D eigenvalue weighted by Gasteiger charge is 2.18. The summed E-state index contributed by atoms with van der Waals surface area (Å²) in [5.74, 6) is 1.40. The molecule has 48 valence electrons. The standard InChI is InChI=1S/C6H12S2/c1-3-7-5-8(4-2)6-7/h1,7-8H,4-6H2,2H3. The van der Waals surface area contributed by atoms with Gasteiger partial charge in [0, 0.05) is 10.2 Å². The van der Waals surface area contributed by atoms with Crippen molar-refractivity contribution in [1.29, 1.82) is 0 Å². The highest BCUT2D eigenvalue weighted by molar-refractivity contribution is 8.49. The Morgan fingerprint density at radius 3 is 2.62 bits per heavy atom. The second kappa shape index (κ2) is 2.70. The number of thiol groups is 2. The van der Waals surface area contributed by atoms with E-state index in [1.54, 1.807) is 0 Å². The van der Waals surface area contributed by atoms with Gasteiger partial charge in [0.1, 0.15) is 0 Å². The van der Waals surface area contributed by atoms with Crippen LogP contribution < -0.4 is 0 Å². The van der Waals surface area contributed by atoms with E-state index < -0.39 is 0 Å². The summed E-state index contributed by atoms with van der Waals surface area (Å²) in [6.07, 6.45) is 5.24. The Morgan fingerprint density at radius 1 is 1.62 bits per heavy atom. The molecular formula is C6H12S2. The average molecular weight is 148 g/mol. The zero-order chi connectivity index (χ0) is 5.98. The predicted molar refractivity (Wildman–Crippen MR) is 47.1 cm³/mol. The number of terminal acetylenes is 1. The lowest BCUT2D eigenvalue weighted by Crippen LogP contribution is -2.09. The summed E-state index contributed by atoms with van der Waals surface area (Å²) in [5.41, 5.74) is 0. The van der Waals surface area contributed by atoms with E-state index in [-0.39, 0.29) is 10.9 Å². The fourth-order valence-electron chi connectivity index (χ4n) is 0.723. The third-order valence-corrected chi connectivity index (χ3v) is 8.56. The first-order valence-electron chi connectivity index (χ1n) is 2.80. The molecular weight excluding hydrogens is 136 g/mol. The summed E-state index contributed by atoms with van der Waals surface area (Å²) < 4.78 is 0. The lowest BCUT2D eigenvalue weighted by molar-refractivity contribution is 1.50. The molecule has 8 heavy (non-hydrogen) atoms. The maximum absolute atomic E-state index is 5.24. The zero-order valence-corrected chi connectivity index (χ0v) is 6.88. The fourth-order valence-corrected chi connectivity index (χ4v) is 6.51. The molecule has 0 unspecified atom stereocenters. The van der Waals surface area contributed by atoms with Gasteiger partial charge >= 0.3 is 0 Å². The number of rotatable bonds is 1. The molecule has 0 aromatic carbocycles.